The fraction of sp³-hybridized carbons (Fsp3) is 0.355. The van der Waals surface area contributed by atoms with E-state index in [0.717, 1.165) is 4.31 Å². The molecule has 0 saturated heterocycles. The first-order valence-electron chi connectivity index (χ1n) is 13.6. The van der Waals surface area contributed by atoms with Gasteiger partial charge in [-0.25, -0.2) is 8.42 Å². The summed E-state index contributed by atoms with van der Waals surface area (Å²) in [7, 11) is -1.35. The van der Waals surface area contributed by atoms with Crippen molar-refractivity contribution in [2.45, 2.75) is 57.1 Å². The molecule has 0 aromatic heterocycles. The summed E-state index contributed by atoms with van der Waals surface area (Å²) >= 11 is 12.6. The Labute approximate surface area is 263 Å². The molecule has 1 N–H and O–H groups in total. The number of halogens is 2. The van der Waals surface area contributed by atoms with E-state index in [9.17, 15) is 18.0 Å². The lowest BCUT2D eigenvalue weighted by molar-refractivity contribution is -0.141. The Kier molecular flexibility index (Phi) is 11.3. The second kappa shape index (κ2) is 14.3. The number of carbonyl (C=O) groups is 2. The maximum Gasteiger partial charge on any atom is 0.264 e. The molecule has 3 aromatic rings. The first kappa shape index (κ1) is 34.0. The van der Waals surface area contributed by atoms with Gasteiger partial charge in [0.05, 0.1) is 24.8 Å². The van der Waals surface area contributed by atoms with Crippen LogP contribution in [0.25, 0.3) is 0 Å². The molecule has 3 aromatic carbocycles. The smallest absolute Gasteiger partial charge is 0.264 e. The summed E-state index contributed by atoms with van der Waals surface area (Å²) < 4.78 is 39.8. The van der Waals surface area contributed by atoms with Crippen LogP contribution in [0.5, 0.6) is 11.5 Å². The molecule has 0 unspecified atom stereocenters. The maximum absolute atomic E-state index is 14.3. The number of benzene rings is 3. The largest absolute Gasteiger partial charge is 0.493 e. The van der Waals surface area contributed by atoms with Crippen LogP contribution in [0, 0.1) is 0 Å². The second-order valence-electron chi connectivity index (χ2n) is 10.8. The van der Waals surface area contributed by atoms with Crippen molar-refractivity contribution < 1.29 is 27.5 Å². The molecule has 232 valence electrons. The topological polar surface area (TPSA) is 105 Å². The summed E-state index contributed by atoms with van der Waals surface area (Å²) in [4.78, 5) is 29.1. The van der Waals surface area contributed by atoms with Gasteiger partial charge < -0.3 is 19.7 Å². The van der Waals surface area contributed by atoms with Crippen LogP contribution in [-0.4, -0.2) is 57.5 Å². The summed E-state index contributed by atoms with van der Waals surface area (Å²) in [5.41, 5.74) is 0.149. The Morgan fingerprint density at radius 2 is 1.58 bits per heavy atom. The van der Waals surface area contributed by atoms with Crippen LogP contribution >= 0.6 is 23.2 Å². The monoisotopic (exact) mass is 649 g/mol. The van der Waals surface area contributed by atoms with Crippen molar-refractivity contribution in [2.75, 3.05) is 25.1 Å². The summed E-state index contributed by atoms with van der Waals surface area (Å²) in [5, 5.41) is 3.66. The van der Waals surface area contributed by atoms with Crippen LogP contribution in [0.15, 0.2) is 71.6 Å². The molecule has 0 saturated carbocycles. The van der Waals surface area contributed by atoms with Crippen molar-refractivity contribution in [1.29, 1.82) is 0 Å². The van der Waals surface area contributed by atoms with E-state index >= 15 is 0 Å². The van der Waals surface area contributed by atoms with E-state index in [0.29, 0.717) is 21.4 Å². The van der Waals surface area contributed by atoms with Gasteiger partial charge in [-0.3, -0.25) is 13.9 Å². The molecule has 0 aliphatic heterocycles. The SMILES string of the molecule is CC[C@H](C(=O)NC(C)(C)C)N(Cc1ccc(Cl)cc1Cl)C(=O)CN(c1ccc(OC)c(OC)c1)S(=O)(=O)c1ccccc1. The Balaban J connectivity index is 2.14. The zero-order valence-corrected chi connectivity index (χ0v) is 27.4. The van der Waals surface area contributed by atoms with Crippen molar-refractivity contribution >= 4 is 50.7 Å². The predicted octanol–water partition coefficient (Wildman–Crippen LogP) is 5.93. The van der Waals surface area contributed by atoms with Crippen LogP contribution in [0.2, 0.25) is 10.0 Å². The number of nitrogens with zero attached hydrogens (tertiary/aromatic N) is 2. The van der Waals surface area contributed by atoms with E-state index < -0.39 is 34.1 Å². The molecule has 1 atom stereocenters. The predicted molar refractivity (Wildman–Crippen MR) is 170 cm³/mol. The lowest BCUT2D eigenvalue weighted by Gasteiger charge is -2.35. The Hall–Kier alpha value is -3.47. The maximum atomic E-state index is 14.3. The van der Waals surface area contributed by atoms with E-state index in [1.54, 1.807) is 49.4 Å². The summed E-state index contributed by atoms with van der Waals surface area (Å²) in [6.07, 6.45) is 0.265. The van der Waals surface area contributed by atoms with E-state index in [-0.39, 0.29) is 35.2 Å². The lowest BCUT2D eigenvalue weighted by Crippen LogP contribution is -2.55. The minimum absolute atomic E-state index is 0.0117. The number of sulfonamides is 1. The minimum Gasteiger partial charge on any atom is -0.493 e. The fourth-order valence-corrected chi connectivity index (χ4v) is 6.33. The van der Waals surface area contributed by atoms with Crippen molar-refractivity contribution in [2.24, 2.45) is 0 Å². The summed E-state index contributed by atoms with van der Waals surface area (Å²) in [6, 6.07) is 16.3. The van der Waals surface area contributed by atoms with Crippen molar-refractivity contribution in [1.82, 2.24) is 10.2 Å². The van der Waals surface area contributed by atoms with Gasteiger partial charge in [0, 0.05) is 28.2 Å². The van der Waals surface area contributed by atoms with Crippen LogP contribution in [0.4, 0.5) is 5.69 Å². The highest BCUT2D eigenvalue weighted by Crippen LogP contribution is 2.34. The fourth-order valence-electron chi connectivity index (χ4n) is 4.43. The molecule has 0 spiro atoms. The Morgan fingerprint density at radius 3 is 2.14 bits per heavy atom. The second-order valence-corrected chi connectivity index (χ2v) is 13.5. The van der Waals surface area contributed by atoms with Gasteiger partial charge >= 0.3 is 0 Å². The third-order valence-corrected chi connectivity index (χ3v) is 8.88. The zero-order chi connectivity index (χ0) is 31.9. The molecular weight excluding hydrogens is 613 g/mol. The van der Waals surface area contributed by atoms with Gasteiger partial charge in [0.15, 0.2) is 11.5 Å². The third kappa shape index (κ3) is 8.55. The Morgan fingerprint density at radius 1 is 0.930 bits per heavy atom. The normalized spacial score (nSPS) is 12.3. The van der Waals surface area contributed by atoms with Crippen LogP contribution in [0.3, 0.4) is 0 Å². The highest BCUT2D eigenvalue weighted by molar-refractivity contribution is 7.92. The molecule has 0 bridgehead atoms. The van der Waals surface area contributed by atoms with E-state index in [2.05, 4.69) is 5.32 Å². The molecule has 9 nitrogen and oxygen atoms in total. The van der Waals surface area contributed by atoms with E-state index in [1.807, 2.05) is 20.8 Å². The van der Waals surface area contributed by atoms with Gasteiger partial charge in [-0.05, 0) is 69.2 Å². The number of amides is 2. The molecule has 43 heavy (non-hydrogen) atoms. The highest BCUT2D eigenvalue weighted by Gasteiger charge is 2.35. The summed E-state index contributed by atoms with van der Waals surface area (Å²) in [5.74, 6) is -0.326. The number of hydrogen-bond acceptors (Lipinski definition) is 6. The van der Waals surface area contributed by atoms with Crippen molar-refractivity contribution in [3.8, 4) is 11.5 Å². The number of hydrogen-bond donors (Lipinski definition) is 1. The number of nitrogens with one attached hydrogen (secondary N) is 1. The van der Waals surface area contributed by atoms with Gasteiger partial charge in [-0.1, -0.05) is 54.4 Å². The molecule has 0 aliphatic carbocycles. The average Bonchev–Trinajstić information content (AvgIpc) is 2.95. The van der Waals surface area contributed by atoms with Gasteiger partial charge in [0.25, 0.3) is 10.0 Å². The zero-order valence-electron chi connectivity index (χ0n) is 25.1. The number of ether oxygens (including phenoxy) is 2. The summed E-state index contributed by atoms with van der Waals surface area (Å²) in [6.45, 7) is 6.62. The standard InChI is InChI=1S/C31H37Cl2N3O6S/c1-7-26(30(38)34-31(2,3)4)35(19-21-13-14-22(32)17-25(21)33)29(37)20-36(43(39,40)24-11-9-8-10-12-24)23-15-16-27(41-5)28(18-23)42-6/h8-18,26H,7,19-20H2,1-6H3,(H,34,38)/t26-/m1/s1. The lowest BCUT2D eigenvalue weighted by atomic mass is 10.1. The van der Waals surface area contributed by atoms with Crippen LogP contribution < -0.4 is 19.1 Å². The molecule has 0 fully saturated rings. The van der Waals surface area contributed by atoms with Gasteiger partial charge in [-0.2, -0.15) is 0 Å². The van der Waals surface area contributed by atoms with E-state index in [1.165, 1.54) is 43.4 Å². The first-order chi connectivity index (χ1) is 20.2. The average molecular weight is 651 g/mol. The molecule has 0 heterocycles. The van der Waals surface area contributed by atoms with Crippen LogP contribution in [-0.2, 0) is 26.2 Å². The molecule has 0 aliphatic rings. The van der Waals surface area contributed by atoms with Gasteiger partial charge in [0.2, 0.25) is 11.8 Å². The van der Waals surface area contributed by atoms with Gasteiger partial charge in [-0.15, -0.1) is 0 Å². The molecule has 3 rings (SSSR count). The number of methoxy groups -OCH3 is 2. The highest BCUT2D eigenvalue weighted by atomic mass is 35.5. The van der Waals surface area contributed by atoms with Crippen molar-refractivity contribution in [3.63, 3.8) is 0 Å². The van der Waals surface area contributed by atoms with E-state index in [4.69, 9.17) is 32.7 Å². The quantitative estimate of drug-likeness (QED) is 0.261. The third-order valence-electron chi connectivity index (χ3n) is 6.51. The number of carbonyl (C=O) groups excluding carboxylic acids is 2. The number of rotatable bonds is 12. The van der Waals surface area contributed by atoms with Gasteiger partial charge in [0.1, 0.15) is 12.6 Å². The molecular formula is C31H37Cl2N3O6S. The molecule has 12 heteroatoms. The number of anilines is 1. The van der Waals surface area contributed by atoms with Crippen molar-refractivity contribution in [3.05, 3.63) is 82.3 Å². The Bertz CT molecular complexity index is 1540. The minimum atomic E-state index is -4.25. The first-order valence-corrected chi connectivity index (χ1v) is 15.8. The van der Waals surface area contributed by atoms with Crippen LogP contribution in [0.1, 0.15) is 39.7 Å². The molecule has 2 amide bonds. The molecule has 0 radical (unpaired) electrons.